The Hall–Kier alpha value is -1.60. The van der Waals surface area contributed by atoms with Crippen LogP contribution >= 0.6 is 0 Å². The first-order valence-electron chi connectivity index (χ1n) is 17.5. The van der Waals surface area contributed by atoms with Crippen LogP contribution in [-0.2, 0) is 23.8 Å². The summed E-state index contributed by atoms with van der Waals surface area (Å²) in [5.74, 6) is -1.29. The summed E-state index contributed by atoms with van der Waals surface area (Å²) in [6, 6.07) is 0. The van der Waals surface area contributed by atoms with Gasteiger partial charge in [0.2, 0.25) is 0 Å². The minimum atomic E-state index is -1.51. The standard InChI is InChI=1S/C36H56O11/c1-31(30(44)45-6)11-13-36(29(42)43)14-12-34(4)19(20(36)15-31)7-8-24-32(2)16-21(38)27(47-28-26(41)25(40)22(39)17-46-28)33(3,18-37)23(32)9-10-35(24,34)5/h7,20-28,37-41H,8-18H2,1-6H3,(H,42,43)/t20-,21+,22+,23+,24+,25-,26+,27-,28-,31-,32-,33-,34+,35+,36-/m0/s1. The molecule has 0 spiro atoms. The molecule has 11 heteroatoms. The largest absolute Gasteiger partial charge is 0.481 e. The number of aliphatic carboxylic acids is 1. The fraction of sp³-hybridized carbons (Fsp3) is 0.889. The average molecular weight is 665 g/mol. The van der Waals surface area contributed by atoms with Crippen molar-refractivity contribution < 1.29 is 54.4 Å². The number of carbonyl (C=O) groups excluding carboxylic acids is 1. The Balaban J connectivity index is 1.35. The molecule has 4 saturated carbocycles. The Kier molecular flexibility index (Phi) is 8.60. The van der Waals surface area contributed by atoms with Gasteiger partial charge in [0.05, 0.1) is 43.4 Å². The molecular formula is C36H56O11. The minimum Gasteiger partial charge on any atom is -0.481 e. The van der Waals surface area contributed by atoms with Crippen LogP contribution in [-0.4, -0.2) is 99.7 Å². The van der Waals surface area contributed by atoms with Crippen molar-refractivity contribution in [2.24, 2.45) is 50.2 Å². The Morgan fingerprint density at radius 3 is 2.23 bits per heavy atom. The minimum absolute atomic E-state index is 0.0553. The number of carbonyl (C=O) groups is 2. The van der Waals surface area contributed by atoms with Crippen LogP contribution in [0.5, 0.6) is 0 Å². The molecule has 0 amide bonds. The lowest BCUT2D eigenvalue weighted by Gasteiger charge is -2.71. The zero-order valence-electron chi connectivity index (χ0n) is 28.8. The fourth-order valence-electron chi connectivity index (χ4n) is 12.3. The van der Waals surface area contributed by atoms with Gasteiger partial charge in [-0.2, -0.15) is 0 Å². The molecule has 0 bridgehead atoms. The molecule has 1 aliphatic heterocycles. The predicted molar refractivity (Wildman–Crippen MR) is 168 cm³/mol. The van der Waals surface area contributed by atoms with E-state index in [0.717, 1.165) is 24.8 Å². The Labute approximate surface area is 277 Å². The highest BCUT2D eigenvalue weighted by Crippen LogP contribution is 2.76. The lowest BCUT2D eigenvalue weighted by molar-refractivity contribution is -0.328. The molecule has 0 unspecified atom stereocenters. The van der Waals surface area contributed by atoms with Crippen molar-refractivity contribution in [2.75, 3.05) is 20.3 Å². The van der Waals surface area contributed by atoms with E-state index in [2.05, 4.69) is 26.8 Å². The third-order valence-electron chi connectivity index (χ3n) is 15.3. The van der Waals surface area contributed by atoms with Crippen molar-refractivity contribution in [3.05, 3.63) is 11.6 Å². The van der Waals surface area contributed by atoms with Gasteiger partial charge in [0.25, 0.3) is 0 Å². The summed E-state index contributed by atoms with van der Waals surface area (Å²) in [6.45, 7) is 10.2. The highest BCUT2D eigenvalue weighted by molar-refractivity contribution is 5.80. The third-order valence-corrected chi connectivity index (χ3v) is 15.3. The Morgan fingerprint density at radius 2 is 1.60 bits per heavy atom. The molecule has 6 N–H and O–H groups in total. The van der Waals surface area contributed by atoms with E-state index < -0.39 is 64.4 Å². The van der Waals surface area contributed by atoms with Crippen molar-refractivity contribution in [1.82, 2.24) is 0 Å². The van der Waals surface area contributed by atoms with E-state index >= 15 is 0 Å². The number of hydrogen-bond acceptors (Lipinski definition) is 10. The second kappa shape index (κ2) is 11.5. The molecule has 5 fully saturated rings. The van der Waals surface area contributed by atoms with Crippen LogP contribution in [0.2, 0.25) is 0 Å². The molecule has 5 aliphatic carbocycles. The SMILES string of the molecule is COC(=O)[C@@]1(C)CC[C@]2(C(=O)O)CC[C@]3(C)C(=CC[C@@H]4[C@@]5(C)C[C@@H](O)[C@H](O[C@@H]6OC[C@@H](O)[C@H](O)[C@H]6O)[C@@](C)(CO)[C@@H]5CC[C@]43C)[C@@H]2C1. The Morgan fingerprint density at radius 1 is 0.915 bits per heavy atom. The number of rotatable bonds is 5. The molecule has 6 rings (SSSR count). The first-order valence-corrected chi connectivity index (χ1v) is 17.5. The molecule has 0 aromatic heterocycles. The van der Waals surface area contributed by atoms with Gasteiger partial charge in [-0.05, 0) is 98.7 Å². The number of carboxylic acids is 1. The van der Waals surface area contributed by atoms with Gasteiger partial charge in [-0.3, -0.25) is 9.59 Å². The van der Waals surface area contributed by atoms with Crippen LogP contribution in [0.1, 0.15) is 92.4 Å². The summed E-state index contributed by atoms with van der Waals surface area (Å²) in [5.41, 5.74) is -2.39. The maximum absolute atomic E-state index is 13.1. The van der Waals surface area contributed by atoms with Crippen molar-refractivity contribution in [3.63, 3.8) is 0 Å². The number of allylic oxidation sites excluding steroid dienone is 2. The number of carboxylic acid groups (broad SMARTS) is 1. The number of aliphatic hydroxyl groups is 5. The molecular weight excluding hydrogens is 608 g/mol. The molecule has 1 heterocycles. The van der Waals surface area contributed by atoms with E-state index in [4.69, 9.17) is 14.2 Å². The molecule has 266 valence electrons. The van der Waals surface area contributed by atoms with Gasteiger partial charge < -0.3 is 44.8 Å². The van der Waals surface area contributed by atoms with Crippen LogP contribution in [0.25, 0.3) is 0 Å². The molecule has 0 radical (unpaired) electrons. The van der Waals surface area contributed by atoms with Gasteiger partial charge in [-0.25, -0.2) is 0 Å². The topological polar surface area (TPSA) is 183 Å². The van der Waals surface area contributed by atoms with Crippen molar-refractivity contribution in [1.29, 1.82) is 0 Å². The second-order valence-corrected chi connectivity index (χ2v) is 17.3. The molecule has 6 aliphatic rings. The zero-order chi connectivity index (χ0) is 34.5. The van der Waals surface area contributed by atoms with Crippen LogP contribution < -0.4 is 0 Å². The first kappa shape index (κ1) is 35.2. The van der Waals surface area contributed by atoms with Gasteiger partial charge >= 0.3 is 11.9 Å². The number of ether oxygens (including phenoxy) is 3. The normalized spacial score (nSPS) is 54.2. The summed E-state index contributed by atoms with van der Waals surface area (Å²) in [6.07, 6.45) is 0.204. The molecule has 0 aromatic carbocycles. The van der Waals surface area contributed by atoms with Crippen LogP contribution in [0.4, 0.5) is 0 Å². The number of fused-ring (bicyclic) bond motifs is 7. The first-order chi connectivity index (χ1) is 21.9. The zero-order valence-corrected chi connectivity index (χ0v) is 28.8. The van der Waals surface area contributed by atoms with Crippen LogP contribution in [0.3, 0.4) is 0 Å². The predicted octanol–water partition coefficient (Wildman–Crippen LogP) is 2.79. The number of aliphatic hydroxyl groups excluding tert-OH is 5. The second-order valence-electron chi connectivity index (χ2n) is 17.3. The third kappa shape index (κ3) is 4.69. The monoisotopic (exact) mass is 664 g/mol. The van der Waals surface area contributed by atoms with Crippen LogP contribution in [0, 0.1) is 50.2 Å². The maximum Gasteiger partial charge on any atom is 0.311 e. The molecule has 47 heavy (non-hydrogen) atoms. The van der Waals surface area contributed by atoms with E-state index in [1.54, 1.807) is 0 Å². The van der Waals surface area contributed by atoms with Crippen molar-refractivity contribution in [2.45, 2.75) is 129 Å². The smallest absolute Gasteiger partial charge is 0.311 e. The average Bonchev–Trinajstić information content (AvgIpc) is 3.02. The van der Waals surface area contributed by atoms with Crippen LogP contribution in [0.15, 0.2) is 11.6 Å². The van der Waals surface area contributed by atoms with Gasteiger partial charge in [0.1, 0.15) is 18.3 Å². The van der Waals surface area contributed by atoms with Gasteiger partial charge in [-0.1, -0.05) is 39.3 Å². The van der Waals surface area contributed by atoms with E-state index in [1.165, 1.54) is 7.11 Å². The number of hydrogen-bond donors (Lipinski definition) is 6. The summed E-state index contributed by atoms with van der Waals surface area (Å²) in [7, 11) is 1.40. The Bertz CT molecular complexity index is 1300. The maximum atomic E-state index is 13.1. The summed E-state index contributed by atoms with van der Waals surface area (Å²) >= 11 is 0. The van der Waals surface area contributed by atoms with Gasteiger partial charge in [0.15, 0.2) is 6.29 Å². The summed E-state index contributed by atoms with van der Waals surface area (Å²) in [4.78, 5) is 26.1. The quantitative estimate of drug-likeness (QED) is 0.144. The summed E-state index contributed by atoms with van der Waals surface area (Å²) in [5, 5.41) is 64.3. The van der Waals surface area contributed by atoms with Gasteiger partial charge in [-0.15, -0.1) is 0 Å². The summed E-state index contributed by atoms with van der Waals surface area (Å²) < 4.78 is 17.0. The highest BCUT2D eigenvalue weighted by Gasteiger charge is 2.71. The molecule has 15 atom stereocenters. The fourth-order valence-corrected chi connectivity index (χ4v) is 12.3. The lowest BCUT2D eigenvalue weighted by atomic mass is 9.33. The van der Waals surface area contributed by atoms with E-state index in [-0.39, 0.29) is 47.8 Å². The molecule has 1 saturated heterocycles. The van der Waals surface area contributed by atoms with E-state index in [1.807, 2.05) is 13.8 Å². The molecule has 0 aromatic rings. The highest BCUT2D eigenvalue weighted by atomic mass is 16.7. The molecule has 11 nitrogen and oxygen atoms in total. The number of methoxy groups -OCH3 is 1. The van der Waals surface area contributed by atoms with Crippen molar-refractivity contribution >= 4 is 11.9 Å². The van der Waals surface area contributed by atoms with Crippen molar-refractivity contribution in [3.8, 4) is 0 Å². The van der Waals surface area contributed by atoms with E-state index in [0.29, 0.717) is 38.5 Å². The lowest BCUT2D eigenvalue weighted by Crippen LogP contribution is -2.69. The van der Waals surface area contributed by atoms with Gasteiger partial charge in [0, 0.05) is 5.41 Å². The van der Waals surface area contributed by atoms with E-state index in [9.17, 15) is 40.2 Å². The number of esters is 1.